The first-order valence-electron chi connectivity index (χ1n) is 9.51. The van der Waals surface area contributed by atoms with Gasteiger partial charge in [-0.05, 0) is 30.5 Å². The molecule has 3 N–H and O–H groups in total. The Morgan fingerprint density at radius 3 is 2.31 bits per heavy atom. The van der Waals surface area contributed by atoms with Gasteiger partial charge in [0.25, 0.3) is 0 Å². The molecule has 1 aliphatic carbocycles. The van der Waals surface area contributed by atoms with Gasteiger partial charge in [0, 0.05) is 44.3 Å². The molecule has 1 atom stereocenters. The molecular weight excluding hydrogens is 409 g/mol. The van der Waals surface area contributed by atoms with Gasteiger partial charge in [-0.2, -0.15) is 13.2 Å². The van der Waals surface area contributed by atoms with Crippen molar-refractivity contribution in [3.63, 3.8) is 0 Å². The van der Waals surface area contributed by atoms with E-state index in [1.807, 2.05) is 0 Å². The van der Waals surface area contributed by atoms with Gasteiger partial charge in [0.05, 0.1) is 6.42 Å². The smallest absolute Gasteiger partial charge is 0.354 e. The van der Waals surface area contributed by atoms with Gasteiger partial charge in [-0.3, -0.25) is 14.5 Å². The van der Waals surface area contributed by atoms with E-state index in [4.69, 9.17) is 0 Å². The molecule has 3 rings (SSSR count). The van der Waals surface area contributed by atoms with E-state index in [1.165, 1.54) is 4.90 Å². The SMILES string of the molecule is Cl.O=C(Cc1ccc(NC(=O)C2CC2)cc1)NCC(N1CCNCC1)C(F)(F)F. The summed E-state index contributed by atoms with van der Waals surface area (Å²) in [6, 6.07) is 5.10. The largest absolute Gasteiger partial charge is 0.405 e. The molecule has 1 unspecified atom stereocenters. The lowest BCUT2D eigenvalue weighted by Gasteiger charge is -2.35. The van der Waals surface area contributed by atoms with E-state index in [0.29, 0.717) is 37.4 Å². The second-order valence-electron chi connectivity index (χ2n) is 7.28. The zero-order valence-corrected chi connectivity index (χ0v) is 16.7. The van der Waals surface area contributed by atoms with Crippen molar-refractivity contribution >= 4 is 29.9 Å². The van der Waals surface area contributed by atoms with Crippen molar-refractivity contribution in [1.29, 1.82) is 0 Å². The second-order valence-corrected chi connectivity index (χ2v) is 7.28. The maximum Gasteiger partial charge on any atom is 0.405 e. The third-order valence-corrected chi connectivity index (χ3v) is 5.00. The molecule has 1 saturated carbocycles. The standard InChI is InChI=1S/C19H25F3N4O2.ClH/c20-19(21,22)16(26-9-7-23-8-10-26)12-24-17(27)11-13-1-5-15(6-2-13)25-18(28)14-3-4-14;/h1-2,5-6,14,16,23H,3-4,7-12H2,(H,24,27)(H,25,28);1H. The minimum atomic E-state index is -4.40. The molecule has 0 bridgehead atoms. The Hall–Kier alpha value is -1.84. The second kappa shape index (κ2) is 10.3. The Labute approximate surface area is 174 Å². The summed E-state index contributed by atoms with van der Waals surface area (Å²) in [6.07, 6.45) is -2.58. The lowest BCUT2D eigenvalue weighted by atomic mass is 10.1. The molecule has 29 heavy (non-hydrogen) atoms. The summed E-state index contributed by atoms with van der Waals surface area (Å²) in [6.45, 7) is 1.15. The maximum absolute atomic E-state index is 13.3. The first kappa shape index (κ1) is 23.4. The number of halogens is 4. The number of rotatable bonds is 7. The van der Waals surface area contributed by atoms with Crippen molar-refractivity contribution in [2.45, 2.75) is 31.5 Å². The number of carbonyl (C=O) groups excluding carboxylic acids is 2. The Bertz CT molecular complexity index is 690. The molecule has 1 aromatic rings. The molecule has 1 aromatic carbocycles. The van der Waals surface area contributed by atoms with Gasteiger partial charge in [0.1, 0.15) is 6.04 Å². The summed E-state index contributed by atoms with van der Waals surface area (Å²) in [5, 5.41) is 8.24. The average Bonchev–Trinajstić information content (AvgIpc) is 3.48. The summed E-state index contributed by atoms with van der Waals surface area (Å²) in [4.78, 5) is 25.2. The molecule has 0 spiro atoms. The van der Waals surface area contributed by atoms with Crippen molar-refractivity contribution in [2.24, 2.45) is 5.92 Å². The summed E-state index contributed by atoms with van der Waals surface area (Å²) in [7, 11) is 0. The highest BCUT2D eigenvalue weighted by molar-refractivity contribution is 5.94. The molecule has 6 nitrogen and oxygen atoms in total. The molecule has 0 radical (unpaired) electrons. The number of anilines is 1. The van der Waals surface area contributed by atoms with Crippen LogP contribution >= 0.6 is 12.4 Å². The van der Waals surface area contributed by atoms with E-state index in [0.717, 1.165) is 12.8 Å². The van der Waals surface area contributed by atoms with Gasteiger partial charge in [0.2, 0.25) is 11.8 Å². The van der Waals surface area contributed by atoms with E-state index < -0.39 is 24.7 Å². The van der Waals surface area contributed by atoms with E-state index in [2.05, 4.69) is 16.0 Å². The van der Waals surface area contributed by atoms with E-state index in [-0.39, 0.29) is 30.7 Å². The number of carbonyl (C=O) groups is 2. The predicted molar refractivity (Wildman–Crippen MR) is 106 cm³/mol. The number of nitrogens with zero attached hydrogens (tertiary/aromatic N) is 1. The van der Waals surface area contributed by atoms with E-state index >= 15 is 0 Å². The molecule has 1 saturated heterocycles. The van der Waals surface area contributed by atoms with Gasteiger partial charge in [0.15, 0.2) is 0 Å². The van der Waals surface area contributed by atoms with Crippen LogP contribution < -0.4 is 16.0 Å². The molecule has 2 fully saturated rings. The number of hydrogen-bond acceptors (Lipinski definition) is 4. The van der Waals surface area contributed by atoms with E-state index in [1.54, 1.807) is 24.3 Å². The van der Waals surface area contributed by atoms with Crippen molar-refractivity contribution < 1.29 is 22.8 Å². The molecule has 2 amide bonds. The van der Waals surface area contributed by atoms with Crippen LogP contribution in [0.4, 0.5) is 18.9 Å². The molecule has 2 aliphatic rings. The molecule has 1 aliphatic heterocycles. The third-order valence-electron chi connectivity index (χ3n) is 5.00. The van der Waals surface area contributed by atoms with Gasteiger partial charge in [-0.1, -0.05) is 12.1 Å². The average molecular weight is 435 g/mol. The normalized spacial score (nSPS) is 18.4. The molecular formula is C19H26ClF3N4O2. The van der Waals surface area contributed by atoms with Crippen molar-refractivity contribution in [3.8, 4) is 0 Å². The predicted octanol–water partition coefficient (Wildman–Crippen LogP) is 1.95. The summed E-state index contributed by atoms with van der Waals surface area (Å²) < 4.78 is 40.0. The fourth-order valence-corrected chi connectivity index (χ4v) is 3.20. The monoisotopic (exact) mass is 434 g/mol. The lowest BCUT2D eigenvalue weighted by molar-refractivity contribution is -0.184. The molecule has 162 valence electrons. The Morgan fingerprint density at radius 2 is 1.76 bits per heavy atom. The molecule has 1 heterocycles. The van der Waals surface area contributed by atoms with Gasteiger partial charge in [-0.15, -0.1) is 12.4 Å². The zero-order chi connectivity index (χ0) is 20.1. The van der Waals surface area contributed by atoms with Crippen molar-refractivity contribution in [1.82, 2.24) is 15.5 Å². The first-order valence-corrected chi connectivity index (χ1v) is 9.51. The van der Waals surface area contributed by atoms with Crippen LogP contribution in [0.25, 0.3) is 0 Å². The summed E-state index contributed by atoms with van der Waals surface area (Å²) >= 11 is 0. The number of piperazine rings is 1. The van der Waals surface area contributed by atoms with E-state index in [9.17, 15) is 22.8 Å². The van der Waals surface area contributed by atoms with Gasteiger partial charge < -0.3 is 16.0 Å². The fraction of sp³-hybridized carbons (Fsp3) is 0.579. The van der Waals surface area contributed by atoms with Crippen LogP contribution in [0.15, 0.2) is 24.3 Å². The number of nitrogens with one attached hydrogen (secondary N) is 3. The van der Waals surface area contributed by atoms with Crippen molar-refractivity contribution in [2.75, 3.05) is 38.0 Å². The third kappa shape index (κ3) is 7.17. The summed E-state index contributed by atoms with van der Waals surface area (Å²) in [5.74, 6) is -0.363. The van der Waals surface area contributed by atoms with Crippen LogP contribution in [0.5, 0.6) is 0 Å². The van der Waals surface area contributed by atoms with Crippen LogP contribution in [0.3, 0.4) is 0 Å². The number of amides is 2. The van der Waals surface area contributed by atoms with Crippen molar-refractivity contribution in [3.05, 3.63) is 29.8 Å². The van der Waals surface area contributed by atoms with Crippen LogP contribution in [-0.2, 0) is 16.0 Å². The van der Waals surface area contributed by atoms with Crippen LogP contribution in [-0.4, -0.2) is 61.7 Å². The minimum Gasteiger partial charge on any atom is -0.354 e. The molecule has 0 aromatic heterocycles. The van der Waals surface area contributed by atoms with Crippen LogP contribution in [0.1, 0.15) is 18.4 Å². The highest BCUT2D eigenvalue weighted by Crippen LogP contribution is 2.30. The van der Waals surface area contributed by atoms with Gasteiger partial charge >= 0.3 is 6.18 Å². The quantitative estimate of drug-likeness (QED) is 0.613. The van der Waals surface area contributed by atoms with Gasteiger partial charge in [-0.25, -0.2) is 0 Å². The Morgan fingerprint density at radius 1 is 1.14 bits per heavy atom. The molecule has 10 heteroatoms. The maximum atomic E-state index is 13.3. The summed E-state index contributed by atoms with van der Waals surface area (Å²) in [5.41, 5.74) is 1.32. The number of benzene rings is 1. The Kier molecular flexibility index (Phi) is 8.30. The Balaban J connectivity index is 0.00000300. The van der Waals surface area contributed by atoms with Crippen LogP contribution in [0, 0.1) is 5.92 Å². The highest BCUT2D eigenvalue weighted by Gasteiger charge is 2.43. The minimum absolute atomic E-state index is 0. The first-order chi connectivity index (χ1) is 13.3. The number of alkyl halides is 3. The lowest BCUT2D eigenvalue weighted by Crippen LogP contribution is -2.57. The topological polar surface area (TPSA) is 73.5 Å². The fourth-order valence-electron chi connectivity index (χ4n) is 3.20. The number of hydrogen-bond donors (Lipinski definition) is 3. The zero-order valence-electron chi connectivity index (χ0n) is 15.9. The highest BCUT2D eigenvalue weighted by atomic mass is 35.5. The van der Waals surface area contributed by atoms with Crippen LogP contribution in [0.2, 0.25) is 0 Å².